The zero-order chi connectivity index (χ0) is 14.5. The van der Waals surface area contributed by atoms with E-state index in [9.17, 15) is 0 Å². The molecule has 20 heavy (non-hydrogen) atoms. The summed E-state index contributed by atoms with van der Waals surface area (Å²) in [5.41, 5.74) is 2.12. The SMILES string of the molecule is CCCn1ncc(OC)c1C(NC)c1cccc(Cl)c1. The summed E-state index contributed by atoms with van der Waals surface area (Å²) in [5, 5.41) is 8.46. The van der Waals surface area contributed by atoms with E-state index in [2.05, 4.69) is 23.4 Å². The fourth-order valence-corrected chi connectivity index (χ4v) is 2.56. The molecule has 0 saturated carbocycles. The van der Waals surface area contributed by atoms with Crippen LogP contribution in [0, 0.1) is 0 Å². The number of halogens is 1. The van der Waals surface area contributed by atoms with E-state index in [1.807, 2.05) is 29.9 Å². The highest BCUT2D eigenvalue weighted by Gasteiger charge is 2.22. The van der Waals surface area contributed by atoms with Gasteiger partial charge in [0.1, 0.15) is 5.69 Å². The van der Waals surface area contributed by atoms with Gasteiger partial charge in [-0.3, -0.25) is 4.68 Å². The van der Waals surface area contributed by atoms with Crippen LogP contribution in [0.25, 0.3) is 0 Å². The van der Waals surface area contributed by atoms with Crippen LogP contribution in [0.15, 0.2) is 30.5 Å². The molecule has 2 rings (SSSR count). The second-order valence-electron chi connectivity index (χ2n) is 4.60. The topological polar surface area (TPSA) is 39.1 Å². The van der Waals surface area contributed by atoms with Gasteiger partial charge < -0.3 is 10.1 Å². The Bertz CT molecular complexity index is 568. The summed E-state index contributed by atoms with van der Waals surface area (Å²) >= 11 is 6.10. The number of hydrogen-bond donors (Lipinski definition) is 1. The Labute approximate surface area is 124 Å². The van der Waals surface area contributed by atoms with Crippen molar-refractivity contribution in [3.05, 3.63) is 46.7 Å². The molecular formula is C15H20ClN3O. The highest BCUT2D eigenvalue weighted by atomic mass is 35.5. The van der Waals surface area contributed by atoms with E-state index in [1.165, 1.54) is 0 Å². The van der Waals surface area contributed by atoms with Gasteiger partial charge in [0.25, 0.3) is 0 Å². The first kappa shape index (κ1) is 14.9. The molecule has 1 unspecified atom stereocenters. The maximum absolute atomic E-state index is 6.10. The molecule has 1 N–H and O–H groups in total. The minimum Gasteiger partial charge on any atom is -0.493 e. The normalized spacial score (nSPS) is 12.4. The standard InChI is InChI=1S/C15H20ClN3O/c1-4-8-19-15(13(20-3)10-18-19)14(17-2)11-6-5-7-12(16)9-11/h5-7,9-10,14,17H,4,8H2,1-3H3. The quantitative estimate of drug-likeness (QED) is 0.888. The van der Waals surface area contributed by atoms with Crippen molar-refractivity contribution in [1.29, 1.82) is 0 Å². The summed E-state index contributed by atoms with van der Waals surface area (Å²) in [5.74, 6) is 0.790. The van der Waals surface area contributed by atoms with Gasteiger partial charge in [-0.1, -0.05) is 30.7 Å². The molecule has 0 amide bonds. The van der Waals surface area contributed by atoms with Gasteiger partial charge in [-0.2, -0.15) is 5.10 Å². The highest BCUT2D eigenvalue weighted by Crippen LogP contribution is 2.31. The fraction of sp³-hybridized carbons (Fsp3) is 0.400. The van der Waals surface area contributed by atoms with Crippen molar-refractivity contribution in [1.82, 2.24) is 15.1 Å². The van der Waals surface area contributed by atoms with Gasteiger partial charge in [-0.15, -0.1) is 0 Å². The lowest BCUT2D eigenvalue weighted by Crippen LogP contribution is -2.22. The number of rotatable bonds is 6. The zero-order valence-corrected chi connectivity index (χ0v) is 12.8. The zero-order valence-electron chi connectivity index (χ0n) is 12.1. The van der Waals surface area contributed by atoms with Crippen molar-refractivity contribution in [2.45, 2.75) is 25.9 Å². The lowest BCUT2D eigenvalue weighted by Gasteiger charge is -2.20. The van der Waals surface area contributed by atoms with Crippen LogP contribution < -0.4 is 10.1 Å². The molecule has 0 fully saturated rings. The average molecular weight is 294 g/mol. The number of methoxy groups -OCH3 is 1. The average Bonchev–Trinajstić information content (AvgIpc) is 2.84. The monoisotopic (exact) mass is 293 g/mol. The van der Waals surface area contributed by atoms with Gasteiger partial charge in [-0.05, 0) is 31.2 Å². The third-order valence-corrected chi connectivity index (χ3v) is 3.48. The summed E-state index contributed by atoms with van der Waals surface area (Å²) in [6, 6.07) is 7.84. The number of nitrogens with one attached hydrogen (secondary N) is 1. The molecule has 0 aliphatic carbocycles. The van der Waals surface area contributed by atoms with Crippen LogP contribution in [0.4, 0.5) is 0 Å². The first-order valence-corrected chi connectivity index (χ1v) is 7.11. The summed E-state index contributed by atoms with van der Waals surface area (Å²) in [6.45, 7) is 2.99. The van der Waals surface area contributed by atoms with Crippen LogP contribution in [0.3, 0.4) is 0 Å². The van der Waals surface area contributed by atoms with E-state index in [-0.39, 0.29) is 6.04 Å². The van der Waals surface area contributed by atoms with Gasteiger partial charge >= 0.3 is 0 Å². The fourth-order valence-electron chi connectivity index (χ4n) is 2.36. The van der Waals surface area contributed by atoms with Crippen LogP contribution >= 0.6 is 11.6 Å². The first-order chi connectivity index (χ1) is 9.71. The molecule has 2 aromatic rings. The van der Waals surface area contributed by atoms with Crippen LogP contribution in [-0.4, -0.2) is 23.9 Å². The minimum atomic E-state index is -0.00213. The van der Waals surface area contributed by atoms with Crippen LogP contribution in [0.1, 0.15) is 30.6 Å². The summed E-state index contributed by atoms with van der Waals surface area (Å²) in [6.07, 6.45) is 2.78. The molecule has 0 bridgehead atoms. The Balaban J connectivity index is 2.48. The van der Waals surface area contributed by atoms with Crippen molar-refractivity contribution >= 4 is 11.6 Å². The molecule has 1 aromatic heterocycles. The van der Waals surface area contributed by atoms with Crippen LogP contribution in [-0.2, 0) is 6.54 Å². The van der Waals surface area contributed by atoms with E-state index in [4.69, 9.17) is 16.3 Å². The van der Waals surface area contributed by atoms with Crippen LogP contribution in [0.2, 0.25) is 5.02 Å². The summed E-state index contributed by atoms with van der Waals surface area (Å²) < 4.78 is 7.44. The maximum Gasteiger partial charge on any atom is 0.161 e. The summed E-state index contributed by atoms with van der Waals surface area (Å²) in [4.78, 5) is 0. The molecule has 1 aromatic carbocycles. The number of hydrogen-bond acceptors (Lipinski definition) is 3. The lowest BCUT2D eigenvalue weighted by atomic mass is 10.0. The number of benzene rings is 1. The molecule has 0 radical (unpaired) electrons. The molecule has 1 heterocycles. The predicted molar refractivity (Wildman–Crippen MR) is 81.4 cm³/mol. The van der Waals surface area contributed by atoms with Gasteiger partial charge in [0.15, 0.2) is 5.75 Å². The van der Waals surface area contributed by atoms with Gasteiger partial charge in [0.2, 0.25) is 0 Å². The first-order valence-electron chi connectivity index (χ1n) is 6.73. The van der Waals surface area contributed by atoms with Crippen molar-refractivity contribution < 1.29 is 4.74 Å². The predicted octanol–water partition coefficient (Wildman–Crippen LogP) is 3.26. The van der Waals surface area contributed by atoms with E-state index in [0.717, 1.165) is 35.0 Å². The van der Waals surface area contributed by atoms with Crippen LogP contribution in [0.5, 0.6) is 5.75 Å². The van der Waals surface area contributed by atoms with Gasteiger partial charge in [0.05, 0.1) is 19.3 Å². The Hall–Kier alpha value is -1.52. The molecule has 0 spiro atoms. The maximum atomic E-state index is 6.10. The van der Waals surface area contributed by atoms with E-state index < -0.39 is 0 Å². The van der Waals surface area contributed by atoms with Crippen molar-refractivity contribution in [3.8, 4) is 5.75 Å². The Morgan fingerprint density at radius 3 is 2.85 bits per heavy atom. The number of aryl methyl sites for hydroxylation is 1. The molecule has 0 aliphatic rings. The lowest BCUT2D eigenvalue weighted by molar-refractivity contribution is 0.400. The molecule has 0 aliphatic heterocycles. The second kappa shape index (κ2) is 6.77. The molecule has 5 heteroatoms. The highest BCUT2D eigenvalue weighted by molar-refractivity contribution is 6.30. The smallest absolute Gasteiger partial charge is 0.161 e. The van der Waals surface area contributed by atoms with E-state index >= 15 is 0 Å². The number of nitrogens with zero attached hydrogens (tertiary/aromatic N) is 2. The third kappa shape index (κ3) is 2.97. The van der Waals surface area contributed by atoms with Crippen molar-refractivity contribution in [3.63, 3.8) is 0 Å². The number of ether oxygens (including phenoxy) is 1. The Morgan fingerprint density at radius 1 is 1.45 bits per heavy atom. The minimum absolute atomic E-state index is 0.00213. The number of aromatic nitrogens is 2. The molecule has 0 saturated heterocycles. The van der Waals surface area contributed by atoms with Crippen molar-refractivity contribution in [2.24, 2.45) is 0 Å². The molecule has 1 atom stereocenters. The largest absolute Gasteiger partial charge is 0.493 e. The second-order valence-corrected chi connectivity index (χ2v) is 5.03. The Kier molecular flexibility index (Phi) is 5.04. The molecule has 108 valence electrons. The summed E-state index contributed by atoms with van der Waals surface area (Å²) in [7, 11) is 3.59. The van der Waals surface area contributed by atoms with Crippen molar-refractivity contribution in [2.75, 3.05) is 14.2 Å². The van der Waals surface area contributed by atoms with Gasteiger partial charge in [-0.25, -0.2) is 0 Å². The van der Waals surface area contributed by atoms with E-state index in [0.29, 0.717) is 0 Å². The van der Waals surface area contributed by atoms with E-state index in [1.54, 1.807) is 13.3 Å². The Morgan fingerprint density at radius 2 is 2.25 bits per heavy atom. The molecule has 4 nitrogen and oxygen atoms in total. The molecular weight excluding hydrogens is 274 g/mol. The third-order valence-electron chi connectivity index (χ3n) is 3.24. The van der Waals surface area contributed by atoms with Gasteiger partial charge in [0, 0.05) is 11.6 Å².